The van der Waals surface area contributed by atoms with Crippen LogP contribution < -0.4 is 4.90 Å². The quantitative estimate of drug-likeness (QED) is 0.774. The SMILES string of the molecule is O=C1C[C@@H]2CC[C@H]1C(c1ccccc1Br)N2c1ccccc1. The summed E-state index contributed by atoms with van der Waals surface area (Å²) in [6.45, 7) is 0. The van der Waals surface area contributed by atoms with Crippen molar-refractivity contribution in [1.29, 1.82) is 0 Å². The Morgan fingerprint density at radius 3 is 2.41 bits per heavy atom. The first-order valence-electron chi connectivity index (χ1n) is 7.86. The summed E-state index contributed by atoms with van der Waals surface area (Å²) in [5.41, 5.74) is 2.46. The molecule has 2 nitrogen and oxygen atoms in total. The van der Waals surface area contributed by atoms with Crippen LogP contribution in [-0.2, 0) is 4.79 Å². The smallest absolute Gasteiger partial charge is 0.140 e. The zero-order chi connectivity index (χ0) is 15.1. The zero-order valence-electron chi connectivity index (χ0n) is 12.3. The highest BCUT2D eigenvalue weighted by molar-refractivity contribution is 9.10. The Morgan fingerprint density at radius 1 is 0.955 bits per heavy atom. The van der Waals surface area contributed by atoms with Crippen molar-refractivity contribution in [1.82, 2.24) is 0 Å². The molecule has 1 unspecified atom stereocenters. The van der Waals surface area contributed by atoms with Crippen LogP contribution in [0.2, 0.25) is 0 Å². The first kappa shape index (κ1) is 14.0. The number of fused-ring (bicyclic) bond motifs is 3. The second kappa shape index (κ2) is 5.54. The lowest BCUT2D eigenvalue weighted by Crippen LogP contribution is -2.54. The van der Waals surface area contributed by atoms with Crippen molar-refractivity contribution < 1.29 is 4.79 Å². The molecule has 22 heavy (non-hydrogen) atoms. The minimum absolute atomic E-state index is 0.115. The minimum Gasteiger partial charge on any atom is -0.360 e. The molecule has 2 aromatic rings. The van der Waals surface area contributed by atoms with E-state index in [2.05, 4.69) is 63.3 Å². The van der Waals surface area contributed by atoms with Crippen molar-refractivity contribution in [3.63, 3.8) is 0 Å². The Balaban J connectivity index is 1.84. The number of hydrogen-bond acceptors (Lipinski definition) is 2. The third-order valence-electron chi connectivity index (χ3n) is 5.01. The van der Waals surface area contributed by atoms with Gasteiger partial charge in [0.2, 0.25) is 0 Å². The highest BCUT2D eigenvalue weighted by Gasteiger charge is 2.47. The number of nitrogens with zero attached hydrogens (tertiary/aromatic N) is 1. The highest BCUT2D eigenvalue weighted by atomic mass is 79.9. The second-order valence-electron chi connectivity index (χ2n) is 6.22. The average Bonchev–Trinajstić information content (AvgIpc) is 2.56. The first-order chi connectivity index (χ1) is 10.8. The average molecular weight is 356 g/mol. The number of rotatable bonds is 2. The van der Waals surface area contributed by atoms with Crippen LogP contribution in [0.5, 0.6) is 0 Å². The fraction of sp³-hybridized carbons (Fsp3) is 0.316. The summed E-state index contributed by atoms with van der Waals surface area (Å²) >= 11 is 3.69. The van der Waals surface area contributed by atoms with Crippen LogP contribution in [0.4, 0.5) is 5.69 Å². The fourth-order valence-corrected chi connectivity index (χ4v) is 4.58. The van der Waals surface area contributed by atoms with Gasteiger partial charge in [0.15, 0.2) is 0 Å². The molecule has 0 amide bonds. The van der Waals surface area contributed by atoms with E-state index >= 15 is 0 Å². The van der Waals surface area contributed by atoms with Crippen LogP contribution >= 0.6 is 15.9 Å². The number of piperidine rings is 2. The fourth-order valence-electron chi connectivity index (χ4n) is 4.06. The molecule has 5 rings (SSSR count). The number of benzene rings is 2. The number of halogens is 1. The van der Waals surface area contributed by atoms with E-state index in [1.807, 2.05) is 12.1 Å². The molecule has 3 fully saturated rings. The maximum Gasteiger partial charge on any atom is 0.140 e. The molecule has 2 aliphatic heterocycles. The topological polar surface area (TPSA) is 20.3 Å². The second-order valence-corrected chi connectivity index (χ2v) is 7.07. The van der Waals surface area contributed by atoms with Crippen molar-refractivity contribution in [2.45, 2.75) is 31.3 Å². The maximum atomic E-state index is 12.5. The summed E-state index contributed by atoms with van der Waals surface area (Å²) in [5.74, 6) is 0.549. The summed E-state index contributed by atoms with van der Waals surface area (Å²) in [6, 6.07) is 19.3. The van der Waals surface area contributed by atoms with Gasteiger partial charge in [-0.1, -0.05) is 52.3 Å². The lowest BCUT2D eigenvalue weighted by molar-refractivity contribution is -0.128. The van der Waals surface area contributed by atoms with E-state index in [0.717, 1.165) is 17.3 Å². The van der Waals surface area contributed by atoms with Crippen molar-refractivity contribution >= 4 is 27.4 Å². The van der Waals surface area contributed by atoms with E-state index in [-0.39, 0.29) is 12.0 Å². The van der Waals surface area contributed by atoms with Gasteiger partial charge >= 0.3 is 0 Å². The molecule has 1 saturated carbocycles. The predicted molar refractivity (Wildman–Crippen MR) is 91.9 cm³/mol. The molecule has 0 aromatic heterocycles. The summed E-state index contributed by atoms with van der Waals surface area (Å²) in [4.78, 5) is 15.0. The molecule has 0 radical (unpaired) electrons. The normalized spacial score (nSPS) is 27.2. The van der Waals surface area contributed by atoms with Gasteiger partial charge in [0.05, 0.1) is 6.04 Å². The molecule has 1 aliphatic carbocycles. The molecule has 2 bridgehead atoms. The van der Waals surface area contributed by atoms with Gasteiger partial charge in [0.1, 0.15) is 5.78 Å². The lowest BCUT2D eigenvalue weighted by Gasteiger charge is -2.52. The zero-order valence-corrected chi connectivity index (χ0v) is 13.9. The van der Waals surface area contributed by atoms with Gasteiger partial charge in [-0.05, 0) is 36.6 Å². The van der Waals surface area contributed by atoms with Crippen LogP contribution in [0.15, 0.2) is 59.1 Å². The summed E-state index contributed by atoms with van der Waals surface area (Å²) in [6.07, 6.45) is 2.83. The number of carbonyl (C=O) groups is 1. The van der Waals surface area contributed by atoms with Crippen molar-refractivity contribution in [3.8, 4) is 0 Å². The molecule has 3 atom stereocenters. The van der Waals surface area contributed by atoms with Gasteiger partial charge in [-0.15, -0.1) is 0 Å². The van der Waals surface area contributed by atoms with E-state index in [1.165, 1.54) is 11.3 Å². The van der Waals surface area contributed by atoms with Crippen molar-refractivity contribution in [3.05, 3.63) is 64.6 Å². The molecule has 3 aliphatic rings. The van der Waals surface area contributed by atoms with E-state index in [4.69, 9.17) is 0 Å². The van der Waals surface area contributed by atoms with Crippen LogP contribution in [0.25, 0.3) is 0 Å². The van der Waals surface area contributed by atoms with Gasteiger partial charge in [0.25, 0.3) is 0 Å². The van der Waals surface area contributed by atoms with E-state index in [1.54, 1.807) is 0 Å². The Labute approximate surface area is 139 Å². The Bertz CT molecular complexity index is 700. The van der Waals surface area contributed by atoms with E-state index in [0.29, 0.717) is 18.2 Å². The molecule has 0 N–H and O–H groups in total. The third-order valence-corrected chi connectivity index (χ3v) is 5.74. The van der Waals surface area contributed by atoms with Crippen LogP contribution in [-0.4, -0.2) is 11.8 Å². The van der Waals surface area contributed by atoms with Crippen LogP contribution in [0, 0.1) is 5.92 Å². The predicted octanol–water partition coefficient (Wildman–Crippen LogP) is 4.75. The third kappa shape index (κ3) is 2.19. The Morgan fingerprint density at radius 2 is 1.68 bits per heavy atom. The first-order valence-corrected chi connectivity index (χ1v) is 8.65. The maximum absolute atomic E-state index is 12.5. The van der Waals surface area contributed by atoms with Crippen molar-refractivity contribution in [2.24, 2.45) is 5.92 Å². The molecule has 2 heterocycles. The summed E-state index contributed by atoms with van der Waals surface area (Å²) in [7, 11) is 0. The number of hydrogen-bond donors (Lipinski definition) is 0. The molecule has 2 saturated heterocycles. The van der Waals surface area contributed by atoms with Crippen molar-refractivity contribution in [2.75, 3.05) is 4.90 Å². The van der Waals surface area contributed by atoms with Gasteiger partial charge in [-0.2, -0.15) is 0 Å². The lowest BCUT2D eigenvalue weighted by atomic mass is 9.71. The molecule has 2 aromatic carbocycles. The largest absolute Gasteiger partial charge is 0.360 e. The monoisotopic (exact) mass is 355 g/mol. The number of para-hydroxylation sites is 1. The molecule has 0 spiro atoms. The van der Waals surface area contributed by atoms with Gasteiger partial charge in [-0.3, -0.25) is 4.79 Å². The highest BCUT2D eigenvalue weighted by Crippen LogP contribution is 2.49. The number of anilines is 1. The summed E-state index contributed by atoms with van der Waals surface area (Å²) < 4.78 is 1.10. The Kier molecular flexibility index (Phi) is 3.53. The van der Waals surface area contributed by atoms with Gasteiger partial charge in [-0.25, -0.2) is 0 Å². The minimum atomic E-state index is 0.115. The Hall–Kier alpha value is -1.61. The standard InChI is InChI=1S/C19H18BrNO/c20-17-9-5-4-8-15(17)19-16-11-10-14(12-18(16)22)21(19)13-6-2-1-3-7-13/h1-9,14,16,19H,10-12H2/t14-,16+,19?/m0/s1. The van der Waals surface area contributed by atoms with Gasteiger partial charge < -0.3 is 4.90 Å². The van der Waals surface area contributed by atoms with Crippen LogP contribution in [0.1, 0.15) is 30.9 Å². The van der Waals surface area contributed by atoms with Crippen LogP contribution in [0.3, 0.4) is 0 Å². The molecule has 112 valence electrons. The molecular weight excluding hydrogens is 338 g/mol. The van der Waals surface area contributed by atoms with E-state index in [9.17, 15) is 4.79 Å². The number of Topliss-reactive ketones (excluding diaryl/α,β-unsaturated/α-hetero) is 1. The molecular formula is C19H18BrNO. The van der Waals surface area contributed by atoms with E-state index < -0.39 is 0 Å². The number of carbonyl (C=O) groups excluding carboxylic acids is 1. The summed E-state index contributed by atoms with van der Waals surface area (Å²) in [5, 5.41) is 0. The molecule has 3 heteroatoms. The van der Waals surface area contributed by atoms with Gasteiger partial charge in [0, 0.05) is 28.5 Å². The number of ketones is 1.